The van der Waals surface area contributed by atoms with Gasteiger partial charge in [0.2, 0.25) is 0 Å². The molecule has 2 aromatic rings. The van der Waals surface area contributed by atoms with Crippen LogP contribution in [0.4, 0.5) is 0 Å². The molecule has 92 valence electrons. The minimum absolute atomic E-state index is 0.000553. The summed E-state index contributed by atoms with van der Waals surface area (Å²) in [4.78, 5) is 18.4. The van der Waals surface area contributed by atoms with Gasteiger partial charge in [-0.15, -0.1) is 6.58 Å². The Morgan fingerprint density at radius 1 is 1.50 bits per heavy atom. The number of fused-ring (bicyclic) bond motifs is 1. The van der Waals surface area contributed by atoms with Crippen molar-refractivity contribution in [2.24, 2.45) is 10.7 Å². The summed E-state index contributed by atoms with van der Waals surface area (Å²) in [5, 5.41) is 10.6. The molecule has 0 aliphatic rings. The zero-order valence-corrected chi connectivity index (χ0v) is 9.68. The van der Waals surface area contributed by atoms with E-state index in [9.17, 15) is 9.90 Å². The van der Waals surface area contributed by atoms with Crippen molar-refractivity contribution in [2.75, 3.05) is 6.54 Å². The van der Waals surface area contributed by atoms with E-state index in [0.717, 1.165) is 0 Å². The van der Waals surface area contributed by atoms with Crippen molar-refractivity contribution in [1.29, 1.82) is 0 Å². The monoisotopic (exact) mass is 243 g/mol. The van der Waals surface area contributed by atoms with Crippen LogP contribution in [0, 0.1) is 0 Å². The van der Waals surface area contributed by atoms with Gasteiger partial charge in [-0.2, -0.15) is 0 Å². The zero-order chi connectivity index (χ0) is 13.1. The first kappa shape index (κ1) is 11.9. The van der Waals surface area contributed by atoms with E-state index in [-0.39, 0.29) is 23.7 Å². The fourth-order valence-electron chi connectivity index (χ4n) is 1.71. The highest BCUT2D eigenvalue weighted by molar-refractivity contribution is 6.04. The van der Waals surface area contributed by atoms with E-state index in [1.807, 2.05) is 0 Å². The highest BCUT2D eigenvalue weighted by atomic mass is 16.3. The number of rotatable bonds is 3. The van der Waals surface area contributed by atoms with Gasteiger partial charge in [-0.05, 0) is 12.1 Å². The summed E-state index contributed by atoms with van der Waals surface area (Å²) >= 11 is 0. The predicted molar refractivity (Wildman–Crippen MR) is 72.0 cm³/mol. The van der Waals surface area contributed by atoms with Gasteiger partial charge in [-0.25, -0.2) is 0 Å². The Labute approximate surface area is 103 Å². The molecule has 0 fully saturated rings. The number of para-hydroxylation sites is 1. The molecule has 18 heavy (non-hydrogen) atoms. The molecule has 0 atom stereocenters. The summed E-state index contributed by atoms with van der Waals surface area (Å²) in [6.45, 7) is 3.80. The van der Waals surface area contributed by atoms with Crippen molar-refractivity contribution in [2.45, 2.75) is 0 Å². The fraction of sp³-hybridized carbons (Fsp3) is 0.0769. The number of amidine groups is 1. The normalized spacial score (nSPS) is 11.7. The number of H-pyrrole nitrogens is 1. The van der Waals surface area contributed by atoms with Gasteiger partial charge in [0.05, 0.1) is 12.1 Å². The molecule has 4 N–H and O–H groups in total. The number of aromatic hydroxyl groups is 1. The molecular weight excluding hydrogens is 230 g/mol. The van der Waals surface area contributed by atoms with Gasteiger partial charge in [-0.1, -0.05) is 18.2 Å². The summed E-state index contributed by atoms with van der Waals surface area (Å²) in [6.07, 6.45) is 1.55. The maximum Gasteiger partial charge on any atom is 0.263 e. The molecule has 0 aliphatic heterocycles. The smallest absolute Gasteiger partial charge is 0.263 e. The summed E-state index contributed by atoms with van der Waals surface area (Å²) in [7, 11) is 0. The standard InChI is InChI=1S/C13H13N3O2/c1-2-7-15-12(14)10-11(17)8-5-3-4-6-9(8)16-13(10)18/h2-6H,1,7H2,(H2,14,15)(H2,16,17,18). The molecule has 2 rings (SSSR count). The summed E-state index contributed by atoms with van der Waals surface area (Å²) in [5.74, 6) is -0.154. The number of nitrogens with two attached hydrogens (primary N) is 1. The first-order valence-corrected chi connectivity index (χ1v) is 5.40. The van der Waals surface area contributed by atoms with Crippen molar-refractivity contribution in [3.63, 3.8) is 0 Å². The third-order valence-corrected chi connectivity index (χ3v) is 2.54. The van der Waals surface area contributed by atoms with Crippen LogP contribution in [0.3, 0.4) is 0 Å². The number of hydrogen-bond acceptors (Lipinski definition) is 3. The molecule has 1 aromatic carbocycles. The third kappa shape index (κ3) is 1.98. The minimum atomic E-state index is -0.462. The van der Waals surface area contributed by atoms with Crippen molar-refractivity contribution in [3.8, 4) is 5.75 Å². The van der Waals surface area contributed by atoms with E-state index in [1.165, 1.54) is 0 Å². The molecule has 5 nitrogen and oxygen atoms in total. The number of aromatic nitrogens is 1. The number of benzene rings is 1. The lowest BCUT2D eigenvalue weighted by molar-refractivity contribution is 0.479. The Balaban J connectivity index is 2.72. The minimum Gasteiger partial charge on any atom is -0.506 e. The molecule has 0 saturated heterocycles. The van der Waals surface area contributed by atoms with E-state index in [4.69, 9.17) is 5.73 Å². The van der Waals surface area contributed by atoms with Crippen LogP contribution >= 0.6 is 0 Å². The highest BCUT2D eigenvalue weighted by Gasteiger charge is 2.14. The zero-order valence-electron chi connectivity index (χ0n) is 9.68. The summed E-state index contributed by atoms with van der Waals surface area (Å²) < 4.78 is 0. The van der Waals surface area contributed by atoms with E-state index in [2.05, 4.69) is 16.6 Å². The number of nitrogens with zero attached hydrogens (tertiary/aromatic N) is 1. The van der Waals surface area contributed by atoms with Gasteiger partial charge in [0.15, 0.2) is 0 Å². The van der Waals surface area contributed by atoms with Crippen LogP contribution < -0.4 is 11.3 Å². The van der Waals surface area contributed by atoms with Crippen LogP contribution in [0.2, 0.25) is 0 Å². The molecule has 0 bridgehead atoms. The number of pyridine rings is 1. The lowest BCUT2D eigenvalue weighted by atomic mass is 10.1. The van der Waals surface area contributed by atoms with Gasteiger partial charge in [0.1, 0.15) is 17.1 Å². The van der Waals surface area contributed by atoms with Crippen molar-refractivity contribution < 1.29 is 5.11 Å². The molecular formula is C13H13N3O2. The average Bonchev–Trinajstić information content (AvgIpc) is 2.36. The highest BCUT2D eigenvalue weighted by Crippen LogP contribution is 2.24. The first-order valence-electron chi connectivity index (χ1n) is 5.40. The quantitative estimate of drug-likeness (QED) is 0.428. The second kappa shape index (κ2) is 4.75. The third-order valence-electron chi connectivity index (χ3n) is 2.54. The van der Waals surface area contributed by atoms with Crippen LogP contribution in [0.1, 0.15) is 5.56 Å². The number of hydrogen-bond donors (Lipinski definition) is 3. The maximum atomic E-state index is 11.9. The maximum absolute atomic E-state index is 11.9. The average molecular weight is 243 g/mol. The van der Waals surface area contributed by atoms with Gasteiger partial charge >= 0.3 is 0 Å². The van der Waals surface area contributed by atoms with Crippen molar-refractivity contribution in [1.82, 2.24) is 4.98 Å². The Hall–Kier alpha value is -2.56. The molecule has 5 heteroatoms. The van der Waals surface area contributed by atoms with Crippen molar-refractivity contribution >= 4 is 16.7 Å². The largest absolute Gasteiger partial charge is 0.506 e. The Morgan fingerprint density at radius 3 is 2.94 bits per heavy atom. The molecule has 0 amide bonds. The van der Waals surface area contributed by atoms with Crippen molar-refractivity contribution in [3.05, 3.63) is 52.8 Å². The Bertz CT molecular complexity index is 686. The number of nitrogens with one attached hydrogen (secondary N) is 1. The van der Waals surface area contributed by atoms with E-state index in [1.54, 1.807) is 30.3 Å². The number of aromatic amines is 1. The van der Waals surface area contributed by atoms with Crippen LogP contribution in [-0.4, -0.2) is 22.5 Å². The first-order chi connectivity index (χ1) is 8.65. The van der Waals surface area contributed by atoms with Gasteiger partial charge in [0, 0.05) is 5.39 Å². The lowest BCUT2D eigenvalue weighted by Crippen LogP contribution is -2.25. The van der Waals surface area contributed by atoms with Crippen LogP contribution in [0.5, 0.6) is 5.75 Å². The molecule has 0 radical (unpaired) electrons. The second-order valence-electron chi connectivity index (χ2n) is 3.74. The predicted octanol–water partition coefficient (Wildman–Crippen LogP) is 1.12. The van der Waals surface area contributed by atoms with E-state index < -0.39 is 5.56 Å². The molecule has 0 spiro atoms. The van der Waals surface area contributed by atoms with Crippen LogP contribution in [-0.2, 0) is 0 Å². The van der Waals surface area contributed by atoms with Crippen LogP contribution in [0.25, 0.3) is 10.9 Å². The molecule has 1 heterocycles. The summed E-state index contributed by atoms with van der Waals surface area (Å²) in [5.41, 5.74) is 5.79. The van der Waals surface area contributed by atoms with E-state index in [0.29, 0.717) is 10.9 Å². The SMILES string of the molecule is C=CCN=C(N)c1c(O)c2ccccc2[nH]c1=O. The molecule has 0 saturated carbocycles. The van der Waals surface area contributed by atoms with Crippen LogP contribution in [0.15, 0.2) is 46.7 Å². The lowest BCUT2D eigenvalue weighted by Gasteiger charge is -2.06. The number of aliphatic imine (C=N–C) groups is 1. The fourth-order valence-corrected chi connectivity index (χ4v) is 1.71. The molecule has 1 aromatic heterocycles. The van der Waals surface area contributed by atoms with Gasteiger partial charge < -0.3 is 15.8 Å². The summed E-state index contributed by atoms with van der Waals surface area (Å²) in [6, 6.07) is 6.94. The van der Waals surface area contributed by atoms with Gasteiger partial charge in [-0.3, -0.25) is 9.79 Å². The second-order valence-corrected chi connectivity index (χ2v) is 3.74. The molecule has 0 aliphatic carbocycles. The van der Waals surface area contributed by atoms with E-state index >= 15 is 0 Å². The molecule has 0 unspecified atom stereocenters. The van der Waals surface area contributed by atoms with Gasteiger partial charge in [0.25, 0.3) is 5.56 Å². The topological polar surface area (TPSA) is 91.5 Å². The Morgan fingerprint density at radius 2 is 2.22 bits per heavy atom. The Kier molecular flexibility index (Phi) is 3.14.